The highest BCUT2D eigenvalue weighted by atomic mass is 16.2. The van der Waals surface area contributed by atoms with Crippen molar-refractivity contribution >= 4 is 17.7 Å². The lowest BCUT2D eigenvalue weighted by molar-refractivity contribution is -0.150. The summed E-state index contributed by atoms with van der Waals surface area (Å²) in [5.74, 6) is 0.150. The number of carbonyl (C=O) groups excluding carboxylic acids is 3. The van der Waals surface area contributed by atoms with Crippen LogP contribution >= 0.6 is 0 Å². The molecular weight excluding hydrogens is 344 g/mol. The van der Waals surface area contributed by atoms with Gasteiger partial charge in [-0.15, -0.1) is 0 Å². The summed E-state index contributed by atoms with van der Waals surface area (Å²) in [7, 11) is 0. The van der Waals surface area contributed by atoms with E-state index in [1.54, 1.807) is 0 Å². The van der Waals surface area contributed by atoms with Crippen LogP contribution in [0.15, 0.2) is 0 Å². The summed E-state index contributed by atoms with van der Waals surface area (Å²) in [6.07, 6.45) is 6.43. The number of carbonyl (C=O) groups is 3. The van der Waals surface area contributed by atoms with Crippen molar-refractivity contribution in [1.82, 2.24) is 15.1 Å². The molecule has 2 heterocycles. The number of nitrogens with zero attached hydrogens (tertiary/aromatic N) is 2. The number of piperazine rings is 1. The van der Waals surface area contributed by atoms with Gasteiger partial charge in [-0.3, -0.25) is 14.4 Å². The topological polar surface area (TPSA) is 95.7 Å². The number of unbranched alkanes of at least 4 members (excludes halogenated alkanes) is 1. The van der Waals surface area contributed by atoms with E-state index in [1.165, 1.54) is 0 Å². The number of nitrogens with one attached hydrogen (secondary N) is 1. The van der Waals surface area contributed by atoms with Crippen LogP contribution in [0.2, 0.25) is 0 Å². The zero-order chi connectivity index (χ0) is 19.8. The molecule has 0 aromatic rings. The Kier molecular flexibility index (Phi) is 8.54. The number of hydrogen-bond donors (Lipinski definition) is 2. The van der Waals surface area contributed by atoms with Crippen LogP contribution in [0.25, 0.3) is 0 Å². The standard InChI is InChI=1S/C20H36N4O3/c1-3-5-7-17(24-13-10-22-16(6-4-2)19(24)26)20(27)23-11-8-15(9-12-23)14-18(21)25/h15-17,22H,3-14H2,1-2H3,(H2,21,25)/t16-,17-/m0/s1. The second-order valence-electron chi connectivity index (χ2n) is 7.92. The smallest absolute Gasteiger partial charge is 0.245 e. The molecule has 7 nitrogen and oxygen atoms in total. The Bertz CT molecular complexity index is 515. The molecule has 27 heavy (non-hydrogen) atoms. The van der Waals surface area contributed by atoms with Crippen LogP contribution in [-0.2, 0) is 14.4 Å². The van der Waals surface area contributed by atoms with Crippen molar-refractivity contribution in [2.24, 2.45) is 11.7 Å². The minimum Gasteiger partial charge on any atom is -0.370 e. The van der Waals surface area contributed by atoms with Gasteiger partial charge in [0, 0.05) is 32.6 Å². The molecule has 0 aliphatic carbocycles. The molecule has 3 N–H and O–H groups in total. The van der Waals surface area contributed by atoms with Crippen LogP contribution in [0, 0.1) is 5.92 Å². The Hall–Kier alpha value is -1.63. The van der Waals surface area contributed by atoms with E-state index in [2.05, 4.69) is 19.2 Å². The van der Waals surface area contributed by atoms with E-state index in [0.29, 0.717) is 26.1 Å². The fraction of sp³-hybridized carbons (Fsp3) is 0.850. The van der Waals surface area contributed by atoms with Crippen molar-refractivity contribution < 1.29 is 14.4 Å². The Morgan fingerprint density at radius 1 is 1.19 bits per heavy atom. The van der Waals surface area contributed by atoms with E-state index in [-0.39, 0.29) is 35.7 Å². The number of piperidine rings is 1. The predicted octanol–water partition coefficient (Wildman–Crippen LogP) is 1.26. The SMILES string of the molecule is CCCC[C@@H](C(=O)N1CCC(CC(N)=O)CC1)N1CCN[C@@H](CCC)C1=O. The molecule has 0 saturated carbocycles. The van der Waals surface area contributed by atoms with Gasteiger partial charge in [0.2, 0.25) is 17.7 Å². The summed E-state index contributed by atoms with van der Waals surface area (Å²) < 4.78 is 0. The van der Waals surface area contributed by atoms with Crippen molar-refractivity contribution in [1.29, 1.82) is 0 Å². The monoisotopic (exact) mass is 380 g/mol. The van der Waals surface area contributed by atoms with Gasteiger partial charge in [-0.25, -0.2) is 0 Å². The number of hydrogen-bond acceptors (Lipinski definition) is 4. The van der Waals surface area contributed by atoms with Gasteiger partial charge >= 0.3 is 0 Å². The minimum atomic E-state index is -0.355. The summed E-state index contributed by atoms with van der Waals surface area (Å²) in [4.78, 5) is 41.0. The second-order valence-corrected chi connectivity index (χ2v) is 7.92. The van der Waals surface area contributed by atoms with Crippen LogP contribution in [0.3, 0.4) is 0 Å². The second kappa shape index (κ2) is 10.6. The van der Waals surface area contributed by atoms with E-state index in [0.717, 1.165) is 51.5 Å². The first kappa shape index (κ1) is 21.7. The molecule has 2 saturated heterocycles. The molecule has 7 heteroatoms. The fourth-order valence-corrected chi connectivity index (χ4v) is 4.24. The Morgan fingerprint density at radius 2 is 1.89 bits per heavy atom. The third-order valence-electron chi connectivity index (χ3n) is 5.81. The van der Waals surface area contributed by atoms with Gasteiger partial charge in [-0.1, -0.05) is 33.1 Å². The molecule has 0 spiro atoms. The normalized spacial score (nSPS) is 22.7. The van der Waals surface area contributed by atoms with Crippen molar-refractivity contribution in [3.63, 3.8) is 0 Å². The molecule has 2 fully saturated rings. The highest BCUT2D eigenvalue weighted by Gasteiger charge is 2.38. The third kappa shape index (κ3) is 5.92. The van der Waals surface area contributed by atoms with Gasteiger partial charge in [0.15, 0.2) is 0 Å². The molecule has 0 bridgehead atoms. The zero-order valence-corrected chi connectivity index (χ0v) is 16.9. The Balaban J connectivity index is 2.03. The molecule has 2 aliphatic rings. The summed E-state index contributed by atoms with van der Waals surface area (Å²) in [5, 5.41) is 3.29. The van der Waals surface area contributed by atoms with Crippen LogP contribution in [0.4, 0.5) is 0 Å². The Labute approximate surface area is 163 Å². The van der Waals surface area contributed by atoms with E-state index >= 15 is 0 Å². The molecule has 2 atom stereocenters. The maximum absolute atomic E-state index is 13.3. The first-order valence-corrected chi connectivity index (χ1v) is 10.6. The molecule has 154 valence electrons. The van der Waals surface area contributed by atoms with Crippen LogP contribution in [-0.4, -0.2) is 65.8 Å². The molecule has 2 rings (SSSR count). The first-order valence-electron chi connectivity index (χ1n) is 10.6. The lowest BCUT2D eigenvalue weighted by atomic mass is 9.92. The summed E-state index contributed by atoms with van der Waals surface area (Å²) in [6.45, 7) is 6.82. The van der Waals surface area contributed by atoms with Gasteiger partial charge in [-0.2, -0.15) is 0 Å². The number of amides is 3. The van der Waals surface area contributed by atoms with Gasteiger partial charge in [-0.05, 0) is 31.6 Å². The van der Waals surface area contributed by atoms with Crippen LogP contribution in [0.5, 0.6) is 0 Å². The molecule has 0 unspecified atom stereocenters. The molecule has 0 aromatic carbocycles. The molecule has 0 radical (unpaired) electrons. The average molecular weight is 381 g/mol. The van der Waals surface area contributed by atoms with E-state index in [1.807, 2.05) is 9.80 Å². The highest BCUT2D eigenvalue weighted by molar-refractivity contribution is 5.90. The lowest BCUT2D eigenvalue weighted by Gasteiger charge is -2.41. The van der Waals surface area contributed by atoms with E-state index < -0.39 is 0 Å². The third-order valence-corrected chi connectivity index (χ3v) is 5.81. The van der Waals surface area contributed by atoms with Crippen molar-refractivity contribution in [3.8, 4) is 0 Å². The van der Waals surface area contributed by atoms with Gasteiger partial charge in [0.1, 0.15) is 6.04 Å². The lowest BCUT2D eigenvalue weighted by Crippen LogP contribution is -2.61. The number of nitrogens with two attached hydrogens (primary N) is 1. The number of rotatable bonds is 9. The van der Waals surface area contributed by atoms with E-state index in [9.17, 15) is 14.4 Å². The van der Waals surface area contributed by atoms with Gasteiger partial charge in [0.25, 0.3) is 0 Å². The van der Waals surface area contributed by atoms with Gasteiger partial charge < -0.3 is 20.9 Å². The first-order chi connectivity index (χ1) is 13.0. The maximum Gasteiger partial charge on any atom is 0.245 e. The minimum absolute atomic E-state index is 0.0705. The zero-order valence-electron chi connectivity index (χ0n) is 16.9. The average Bonchev–Trinajstić information content (AvgIpc) is 2.65. The quantitative estimate of drug-likeness (QED) is 0.629. The molecule has 3 amide bonds. The van der Waals surface area contributed by atoms with Crippen LogP contribution in [0.1, 0.15) is 65.2 Å². The Morgan fingerprint density at radius 3 is 2.48 bits per heavy atom. The summed E-state index contributed by atoms with van der Waals surface area (Å²) >= 11 is 0. The van der Waals surface area contributed by atoms with E-state index in [4.69, 9.17) is 5.73 Å². The van der Waals surface area contributed by atoms with Gasteiger partial charge in [0.05, 0.1) is 6.04 Å². The highest BCUT2D eigenvalue weighted by Crippen LogP contribution is 2.23. The number of primary amides is 1. The largest absolute Gasteiger partial charge is 0.370 e. The molecule has 0 aromatic heterocycles. The molecule has 2 aliphatic heterocycles. The van der Waals surface area contributed by atoms with Crippen molar-refractivity contribution in [2.75, 3.05) is 26.2 Å². The summed E-state index contributed by atoms with van der Waals surface area (Å²) in [6, 6.07) is -0.520. The van der Waals surface area contributed by atoms with Crippen molar-refractivity contribution in [3.05, 3.63) is 0 Å². The maximum atomic E-state index is 13.3. The summed E-state index contributed by atoms with van der Waals surface area (Å²) in [5.41, 5.74) is 5.30. The fourth-order valence-electron chi connectivity index (χ4n) is 4.24. The number of likely N-dealkylation sites (tertiary alicyclic amines) is 1. The van der Waals surface area contributed by atoms with Crippen LogP contribution < -0.4 is 11.1 Å². The predicted molar refractivity (Wildman–Crippen MR) is 105 cm³/mol. The molecular formula is C20H36N4O3. The van der Waals surface area contributed by atoms with Crippen molar-refractivity contribution in [2.45, 2.75) is 77.3 Å².